The Hall–Kier alpha value is -6.64. The van der Waals surface area contributed by atoms with Crippen molar-refractivity contribution < 1.29 is 76.3 Å². The van der Waals surface area contributed by atoms with Crippen LogP contribution in [0.3, 0.4) is 0 Å². The van der Waals surface area contributed by atoms with Gasteiger partial charge in [-0.25, -0.2) is 38.4 Å². The van der Waals surface area contributed by atoms with Gasteiger partial charge in [0.25, 0.3) is 0 Å². The second-order valence-corrected chi connectivity index (χ2v) is 17.9. The summed E-state index contributed by atoms with van der Waals surface area (Å²) in [6.07, 6.45) is 4.62. The molecule has 0 saturated carbocycles. The highest BCUT2D eigenvalue weighted by atomic mass is 16.6. The first-order valence-electron chi connectivity index (χ1n) is 27.1. The minimum atomic E-state index is -0.375. The average molecular weight is 1390 g/mol. The average Bonchev–Trinajstić information content (AvgIpc) is 3.49. The molecule has 0 aliphatic rings. The molecule has 0 saturated heterocycles. The van der Waals surface area contributed by atoms with E-state index in [1.165, 1.54) is 0 Å². The lowest BCUT2D eigenvalue weighted by molar-refractivity contribution is -0.143. The molecule has 0 bridgehead atoms. The van der Waals surface area contributed by atoms with E-state index in [2.05, 4.69) is 52.6 Å². The van der Waals surface area contributed by atoms with Gasteiger partial charge in [-0.1, -0.05) is 197 Å². The van der Waals surface area contributed by atoms with Crippen molar-refractivity contribution in [3.8, 4) is 0 Å². The van der Waals surface area contributed by atoms with Crippen molar-refractivity contribution in [1.29, 1.82) is 0 Å². The van der Waals surface area contributed by atoms with Crippen molar-refractivity contribution in [2.75, 3.05) is 163 Å². The van der Waals surface area contributed by atoms with Gasteiger partial charge in [0.05, 0.1) is 0 Å². The number of rotatable bonds is 32. The fourth-order valence-corrected chi connectivity index (χ4v) is 2.83. The number of ether oxygens (including phenoxy) is 8. The Kier molecular flexibility index (Phi) is 154. The van der Waals surface area contributed by atoms with E-state index in [0.29, 0.717) is 76.1 Å². The van der Waals surface area contributed by atoms with Crippen LogP contribution in [0.15, 0.2) is 99.2 Å². The minimum absolute atomic E-state index is 0. The van der Waals surface area contributed by atoms with Crippen molar-refractivity contribution in [2.24, 2.45) is 0 Å². The van der Waals surface area contributed by atoms with Gasteiger partial charge in [-0.2, -0.15) is 0 Å². The smallest absolute Gasteiger partial charge is 0.334 e. The predicted octanol–water partition coefficient (Wildman–Crippen LogP) is 14.2. The Labute approximate surface area is 595 Å². The first-order valence-corrected chi connectivity index (χ1v) is 27.1. The molecular weight excluding hydrogens is 1230 g/mol. The van der Waals surface area contributed by atoms with E-state index >= 15 is 0 Å². The molecule has 0 fully saturated rings. The van der Waals surface area contributed by atoms with Crippen molar-refractivity contribution >= 4 is 47.8 Å². The summed E-state index contributed by atoms with van der Waals surface area (Å²) in [6, 6.07) is 0. The lowest BCUT2D eigenvalue weighted by Crippen LogP contribution is -2.23. The number of esters is 8. The number of carbonyl (C=O) groups is 8. The highest BCUT2D eigenvalue weighted by Crippen LogP contribution is 1.96. The highest BCUT2D eigenvalue weighted by Gasteiger charge is 2.07. The van der Waals surface area contributed by atoms with Crippen molar-refractivity contribution in [1.82, 2.24) is 39.2 Å². The van der Waals surface area contributed by atoms with Gasteiger partial charge in [0.2, 0.25) is 0 Å². The number of nitrogens with zero attached hydrogens (tertiary/aromatic N) is 8. The summed E-state index contributed by atoms with van der Waals surface area (Å²) in [4.78, 5) is 100. The van der Waals surface area contributed by atoms with E-state index in [0.717, 1.165) is 76.7 Å². The van der Waals surface area contributed by atoms with Gasteiger partial charge >= 0.3 is 47.8 Å². The van der Waals surface area contributed by atoms with Gasteiger partial charge in [0.15, 0.2) is 0 Å². The van der Waals surface area contributed by atoms with Crippen LogP contribution in [-0.2, 0) is 76.3 Å². The lowest BCUT2D eigenvalue weighted by Gasteiger charge is -2.13. The number of hydrogen-bond donors (Lipinski definition) is 0. The SMILES string of the molecule is C.C.C.C.C.C.C.C.C.C.C.C.C=C(C)C(=O)OCN(C)CC.C=C(C)C(=O)OCN(C)CC.C=C(C)C(=O)OCN(C)CC.C=C(C)C(=O)OCN(C)CC.C=CC(=O)OCN(C)CC.C=CC(=O)OCN(C)CC.C=CC(=O)OCN(C)CC.C=CC(=O)OCN(C)CC. The second kappa shape index (κ2) is 102. The zero-order valence-electron chi connectivity index (χ0n) is 55.4. The molecule has 0 aromatic heterocycles. The minimum Gasteiger partial charge on any atom is -0.446 e. The van der Waals surface area contributed by atoms with Crippen molar-refractivity contribution in [2.45, 2.75) is 172 Å². The molecule has 0 aromatic rings. The summed E-state index contributed by atoms with van der Waals surface area (Å²) < 4.78 is 38.2. The number of carbonyl (C=O) groups excluding carboxylic acids is 8. The molecular formula is C72H160N8O16. The van der Waals surface area contributed by atoms with Gasteiger partial charge in [-0.15, -0.1) is 0 Å². The molecule has 0 heterocycles. The molecule has 0 aliphatic heterocycles. The monoisotopic (exact) mass is 1390 g/mol. The van der Waals surface area contributed by atoms with Gasteiger partial charge in [-0.05, 0) is 136 Å². The van der Waals surface area contributed by atoms with Crippen LogP contribution >= 0.6 is 0 Å². The van der Waals surface area contributed by atoms with Crippen LogP contribution in [0.25, 0.3) is 0 Å². The van der Waals surface area contributed by atoms with E-state index in [4.69, 9.17) is 37.9 Å². The Balaban J connectivity index is -0.0000000375. The largest absolute Gasteiger partial charge is 0.446 e. The molecule has 96 heavy (non-hydrogen) atoms. The summed E-state index contributed by atoms with van der Waals surface area (Å²) in [5, 5.41) is 0. The third kappa shape index (κ3) is 121. The molecule has 584 valence electrons. The second-order valence-electron chi connectivity index (χ2n) is 17.9. The summed E-state index contributed by atoms with van der Waals surface area (Å²) in [5.41, 5.74) is 1.76. The zero-order valence-corrected chi connectivity index (χ0v) is 55.4. The molecule has 0 N–H and O–H groups in total. The molecule has 0 spiro atoms. The summed E-state index contributed by atoms with van der Waals surface area (Å²) >= 11 is 0. The fourth-order valence-electron chi connectivity index (χ4n) is 2.83. The van der Waals surface area contributed by atoms with E-state index in [1.54, 1.807) is 27.7 Å². The van der Waals surface area contributed by atoms with Gasteiger partial charge in [0.1, 0.15) is 53.8 Å². The standard InChI is InChI=1S/4C8H15NO2.4C7H13NO2.12CH4/c4*1-5-9(4)6-11-8(10)7(2)3;4*1-4-7(9)10-6-8(3)5-2;;;;;;;;;;;;/h4*2,5-6H2,1,3-4H3;4*4H,1,5-6H2,2-3H3;12*1H4. The first-order chi connectivity index (χ1) is 39.1. The normalized spacial score (nSPS) is 8.46. The van der Waals surface area contributed by atoms with Crippen LogP contribution in [0.5, 0.6) is 0 Å². The Morgan fingerprint density at radius 3 is 0.406 bits per heavy atom. The van der Waals surface area contributed by atoms with Gasteiger partial charge in [0, 0.05) is 46.6 Å². The molecule has 0 rings (SSSR count). The lowest BCUT2D eigenvalue weighted by atomic mass is 10.4. The molecule has 0 atom stereocenters. The van der Waals surface area contributed by atoms with Crippen LogP contribution < -0.4 is 0 Å². The molecule has 0 aliphatic carbocycles. The maximum absolute atomic E-state index is 10.8. The van der Waals surface area contributed by atoms with E-state index < -0.39 is 0 Å². The first kappa shape index (κ1) is 145. The highest BCUT2D eigenvalue weighted by molar-refractivity contribution is 5.88. The summed E-state index contributed by atoms with van der Waals surface area (Å²) in [7, 11) is 15.0. The molecule has 0 unspecified atom stereocenters. The molecule has 0 aromatic carbocycles. The third-order valence-electron chi connectivity index (χ3n) is 9.75. The van der Waals surface area contributed by atoms with Crippen LogP contribution in [0, 0.1) is 0 Å². The van der Waals surface area contributed by atoms with Crippen LogP contribution in [-0.4, -0.2) is 250 Å². The van der Waals surface area contributed by atoms with Crippen LogP contribution in [0.1, 0.15) is 172 Å². The molecule has 24 heteroatoms. The van der Waals surface area contributed by atoms with E-state index in [-0.39, 0.29) is 137 Å². The fraction of sp³-hybridized carbons (Fsp3) is 0.667. The van der Waals surface area contributed by atoms with Gasteiger partial charge in [-0.3, -0.25) is 39.2 Å². The van der Waals surface area contributed by atoms with Gasteiger partial charge < -0.3 is 37.9 Å². The topological polar surface area (TPSA) is 236 Å². The summed E-state index contributed by atoms with van der Waals surface area (Å²) in [5.74, 6) is -2.81. The maximum atomic E-state index is 10.8. The third-order valence-corrected chi connectivity index (χ3v) is 9.75. The quantitative estimate of drug-likeness (QED) is 0.0263. The predicted molar refractivity (Wildman–Crippen MR) is 415 cm³/mol. The van der Waals surface area contributed by atoms with Crippen molar-refractivity contribution in [3.63, 3.8) is 0 Å². The van der Waals surface area contributed by atoms with Crippen LogP contribution in [0.4, 0.5) is 0 Å². The maximum Gasteiger partial charge on any atom is 0.334 e. The molecule has 24 nitrogen and oxygen atoms in total. The molecule has 0 amide bonds. The van der Waals surface area contributed by atoms with E-state index in [1.807, 2.05) is 151 Å². The summed E-state index contributed by atoms with van der Waals surface area (Å²) in [6.45, 7) is 59.0. The van der Waals surface area contributed by atoms with Crippen LogP contribution in [0.2, 0.25) is 0 Å². The Morgan fingerprint density at radius 2 is 0.333 bits per heavy atom. The van der Waals surface area contributed by atoms with E-state index in [9.17, 15) is 38.4 Å². The zero-order chi connectivity index (χ0) is 67.3. The number of hydrogen-bond acceptors (Lipinski definition) is 24. The molecule has 0 radical (unpaired) electrons. The van der Waals surface area contributed by atoms with Crippen molar-refractivity contribution in [3.05, 3.63) is 99.2 Å². The Morgan fingerprint density at radius 1 is 0.240 bits per heavy atom. The Bertz CT molecular complexity index is 1640.